The first kappa shape index (κ1) is 24.9. The number of hydrogen-bond acceptors (Lipinski definition) is 4. The predicted molar refractivity (Wildman–Crippen MR) is 132 cm³/mol. The van der Waals surface area contributed by atoms with Gasteiger partial charge in [0.1, 0.15) is 10.7 Å². The van der Waals surface area contributed by atoms with Crippen LogP contribution < -0.4 is 10.0 Å². The molecular formula is C24H22ClF3N4O2S. The maximum atomic E-state index is 13.2. The number of aromatic nitrogens is 2. The molecule has 0 bridgehead atoms. The minimum absolute atomic E-state index is 0.0371. The van der Waals surface area contributed by atoms with Crippen LogP contribution in [0.2, 0.25) is 5.15 Å². The van der Waals surface area contributed by atoms with Crippen molar-refractivity contribution in [3.8, 4) is 11.1 Å². The molecule has 0 radical (unpaired) electrons. The fraction of sp³-hybridized carbons (Fsp3) is 0.208. The number of nitrogens with one attached hydrogen (secondary N) is 3. The third-order valence-corrected chi connectivity index (χ3v) is 6.92. The van der Waals surface area contributed by atoms with Gasteiger partial charge in [-0.1, -0.05) is 49.7 Å². The molecule has 0 unspecified atom stereocenters. The van der Waals surface area contributed by atoms with Crippen molar-refractivity contribution in [1.29, 1.82) is 0 Å². The maximum absolute atomic E-state index is 13.2. The lowest BCUT2D eigenvalue weighted by Crippen LogP contribution is -2.14. The number of aromatic amines is 1. The number of H-pyrrole nitrogens is 1. The second-order valence-corrected chi connectivity index (χ2v) is 10.5. The predicted octanol–water partition coefficient (Wildman–Crippen LogP) is 6.77. The van der Waals surface area contributed by atoms with Crippen molar-refractivity contribution in [2.75, 3.05) is 16.6 Å². The van der Waals surface area contributed by atoms with Gasteiger partial charge in [-0.05, 0) is 53.4 Å². The molecule has 11 heteroatoms. The van der Waals surface area contributed by atoms with Crippen LogP contribution in [0.15, 0.2) is 65.6 Å². The summed E-state index contributed by atoms with van der Waals surface area (Å²) in [6.45, 7) is 4.72. The molecular weight excluding hydrogens is 501 g/mol. The number of nitrogens with zero attached hydrogens (tertiary/aromatic N) is 1. The zero-order valence-electron chi connectivity index (χ0n) is 18.7. The Hall–Kier alpha value is -3.24. The zero-order chi connectivity index (χ0) is 25.4. The highest BCUT2D eigenvalue weighted by Crippen LogP contribution is 2.33. The van der Waals surface area contributed by atoms with E-state index < -0.39 is 21.8 Å². The number of alkyl halides is 3. The SMILES string of the molecule is CC(C)CNc1cc(NS(=O)(=O)c2cccc(-c3ccc(C(F)(F)F)cc3)c2)cc2c(Cl)[nH]nc12. The zero-order valence-corrected chi connectivity index (χ0v) is 20.3. The van der Waals surface area contributed by atoms with Crippen LogP contribution in [0.1, 0.15) is 19.4 Å². The number of fused-ring (bicyclic) bond motifs is 1. The van der Waals surface area contributed by atoms with Gasteiger partial charge in [-0.15, -0.1) is 0 Å². The van der Waals surface area contributed by atoms with Crippen LogP contribution >= 0.6 is 11.6 Å². The largest absolute Gasteiger partial charge is 0.416 e. The molecule has 0 aliphatic rings. The molecule has 0 amide bonds. The van der Waals surface area contributed by atoms with Crippen molar-refractivity contribution in [2.45, 2.75) is 24.9 Å². The molecule has 3 N–H and O–H groups in total. The molecule has 4 rings (SSSR count). The van der Waals surface area contributed by atoms with Gasteiger partial charge in [0, 0.05) is 11.9 Å². The van der Waals surface area contributed by atoms with Crippen molar-refractivity contribution in [3.63, 3.8) is 0 Å². The molecule has 35 heavy (non-hydrogen) atoms. The van der Waals surface area contributed by atoms with Gasteiger partial charge >= 0.3 is 6.18 Å². The number of anilines is 2. The molecule has 0 atom stereocenters. The van der Waals surface area contributed by atoms with Gasteiger partial charge in [-0.3, -0.25) is 9.82 Å². The summed E-state index contributed by atoms with van der Waals surface area (Å²) in [5.74, 6) is 0.341. The van der Waals surface area contributed by atoms with E-state index in [0.717, 1.165) is 12.1 Å². The first-order valence-electron chi connectivity index (χ1n) is 10.7. The second-order valence-electron chi connectivity index (χ2n) is 8.44. The molecule has 0 saturated heterocycles. The van der Waals surface area contributed by atoms with Gasteiger partial charge in [0.05, 0.1) is 21.8 Å². The average Bonchev–Trinajstić information content (AvgIpc) is 3.17. The quantitative estimate of drug-likeness (QED) is 0.250. The summed E-state index contributed by atoms with van der Waals surface area (Å²) in [5.41, 5.74) is 1.64. The van der Waals surface area contributed by atoms with Gasteiger partial charge in [0.25, 0.3) is 10.0 Å². The Kier molecular flexibility index (Phi) is 6.70. The number of rotatable bonds is 7. The van der Waals surface area contributed by atoms with Gasteiger partial charge in [-0.2, -0.15) is 18.3 Å². The van der Waals surface area contributed by atoms with Gasteiger partial charge in [0.15, 0.2) is 0 Å². The molecule has 1 aromatic heterocycles. The van der Waals surface area contributed by atoms with Gasteiger partial charge < -0.3 is 5.32 Å². The number of hydrogen-bond donors (Lipinski definition) is 3. The molecule has 3 aromatic carbocycles. The summed E-state index contributed by atoms with van der Waals surface area (Å²) < 4.78 is 67.5. The van der Waals surface area contributed by atoms with Gasteiger partial charge in [0.2, 0.25) is 0 Å². The van der Waals surface area contributed by atoms with Crippen LogP contribution in [-0.2, 0) is 16.2 Å². The van der Waals surface area contributed by atoms with E-state index in [4.69, 9.17) is 11.6 Å². The van der Waals surface area contributed by atoms with Crippen molar-refractivity contribution < 1.29 is 21.6 Å². The Balaban J connectivity index is 1.65. The summed E-state index contributed by atoms with van der Waals surface area (Å²) in [4.78, 5) is -0.0371. The van der Waals surface area contributed by atoms with Crippen molar-refractivity contribution >= 4 is 43.9 Å². The van der Waals surface area contributed by atoms with E-state index in [1.165, 1.54) is 30.3 Å². The summed E-state index contributed by atoms with van der Waals surface area (Å²) >= 11 is 6.20. The molecule has 0 aliphatic carbocycles. The van der Waals surface area contributed by atoms with E-state index >= 15 is 0 Å². The van der Waals surface area contributed by atoms with Crippen LogP contribution in [0.25, 0.3) is 22.0 Å². The third-order valence-electron chi connectivity index (χ3n) is 5.26. The Labute approximate surface area is 205 Å². The van der Waals surface area contributed by atoms with Crippen LogP contribution in [0, 0.1) is 5.92 Å². The summed E-state index contributed by atoms with van der Waals surface area (Å²) in [6, 6.07) is 13.8. The monoisotopic (exact) mass is 522 g/mol. The normalized spacial score (nSPS) is 12.3. The first-order chi connectivity index (χ1) is 16.4. The lowest BCUT2D eigenvalue weighted by atomic mass is 10.0. The lowest BCUT2D eigenvalue weighted by Gasteiger charge is -2.14. The molecule has 0 spiro atoms. The van der Waals surface area contributed by atoms with E-state index in [2.05, 4.69) is 20.2 Å². The molecule has 1 heterocycles. The highest BCUT2D eigenvalue weighted by molar-refractivity contribution is 7.92. The van der Waals surface area contributed by atoms with Crippen LogP contribution in [0.3, 0.4) is 0 Å². The molecule has 0 aliphatic heterocycles. The van der Waals surface area contributed by atoms with Crippen LogP contribution in [-0.4, -0.2) is 25.2 Å². The number of sulfonamides is 1. The highest BCUT2D eigenvalue weighted by Gasteiger charge is 2.30. The molecule has 0 fully saturated rings. The Morgan fingerprint density at radius 1 is 1.03 bits per heavy atom. The molecule has 6 nitrogen and oxygen atoms in total. The van der Waals surface area contributed by atoms with Crippen molar-refractivity contribution in [1.82, 2.24) is 10.2 Å². The van der Waals surface area contributed by atoms with Crippen LogP contribution in [0.4, 0.5) is 24.5 Å². The minimum Gasteiger partial charge on any atom is -0.383 e. The van der Waals surface area contributed by atoms with E-state index in [1.807, 2.05) is 13.8 Å². The van der Waals surface area contributed by atoms with E-state index in [1.54, 1.807) is 18.2 Å². The minimum atomic E-state index is -4.45. The second kappa shape index (κ2) is 9.43. The Morgan fingerprint density at radius 3 is 2.40 bits per heavy atom. The Bertz CT molecular complexity index is 1470. The number of benzene rings is 3. The van der Waals surface area contributed by atoms with Crippen molar-refractivity contribution in [3.05, 3.63) is 71.4 Å². The molecule has 184 valence electrons. The average molecular weight is 523 g/mol. The Morgan fingerprint density at radius 2 is 1.74 bits per heavy atom. The smallest absolute Gasteiger partial charge is 0.383 e. The summed E-state index contributed by atoms with van der Waals surface area (Å²) in [5, 5.41) is 11.0. The lowest BCUT2D eigenvalue weighted by molar-refractivity contribution is -0.137. The highest BCUT2D eigenvalue weighted by atomic mass is 35.5. The van der Waals surface area contributed by atoms with E-state index in [0.29, 0.717) is 40.2 Å². The fourth-order valence-electron chi connectivity index (χ4n) is 3.50. The summed E-state index contributed by atoms with van der Waals surface area (Å²) in [7, 11) is -4.02. The van der Waals surface area contributed by atoms with Crippen molar-refractivity contribution in [2.24, 2.45) is 5.92 Å². The fourth-order valence-corrected chi connectivity index (χ4v) is 4.78. The van der Waals surface area contributed by atoms with Crippen LogP contribution in [0.5, 0.6) is 0 Å². The maximum Gasteiger partial charge on any atom is 0.416 e. The standard InChI is InChI=1S/C24H22ClF3N4O2S/c1-14(2)13-29-21-12-18(11-20-22(21)30-31-23(20)25)32-35(33,34)19-5-3-4-16(10-19)15-6-8-17(9-7-15)24(26,27)28/h3-12,14,29,32H,13H2,1-2H3,(H,30,31). The van der Waals surface area contributed by atoms with Gasteiger partial charge in [-0.25, -0.2) is 8.42 Å². The molecule has 4 aromatic rings. The number of halogens is 4. The summed E-state index contributed by atoms with van der Waals surface area (Å²) in [6.07, 6.45) is -4.45. The first-order valence-corrected chi connectivity index (χ1v) is 12.5. The molecule has 0 saturated carbocycles. The topological polar surface area (TPSA) is 86.9 Å². The van der Waals surface area contributed by atoms with E-state index in [-0.39, 0.29) is 15.7 Å². The third kappa shape index (κ3) is 5.54. The van der Waals surface area contributed by atoms with E-state index in [9.17, 15) is 21.6 Å².